The lowest BCUT2D eigenvalue weighted by molar-refractivity contribution is 0.0944. The summed E-state index contributed by atoms with van der Waals surface area (Å²) in [6.07, 6.45) is 1.32. The van der Waals surface area contributed by atoms with Gasteiger partial charge in [0.05, 0.1) is 0 Å². The molecule has 3 aromatic rings. The normalized spacial score (nSPS) is 10.5. The zero-order valence-electron chi connectivity index (χ0n) is 17.0. The van der Waals surface area contributed by atoms with Crippen molar-refractivity contribution >= 4 is 11.8 Å². The molecule has 2 amide bonds. The predicted octanol–water partition coefficient (Wildman–Crippen LogP) is 3.02. The molecule has 0 spiro atoms. The average Bonchev–Trinajstić information content (AvgIpc) is 2.76. The summed E-state index contributed by atoms with van der Waals surface area (Å²) in [6, 6.07) is 18.6. The molecular weight excluding hydrogens is 380 g/mol. The lowest BCUT2D eigenvalue weighted by Gasteiger charge is -2.09. The highest BCUT2D eigenvalue weighted by molar-refractivity contribution is 5.95. The molecular formula is C24H24N2O4. The van der Waals surface area contributed by atoms with Crippen LogP contribution in [0.4, 0.5) is 0 Å². The van der Waals surface area contributed by atoms with Crippen LogP contribution in [-0.2, 0) is 19.4 Å². The van der Waals surface area contributed by atoms with Crippen molar-refractivity contribution in [2.45, 2.75) is 26.3 Å². The van der Waals surface area contributed by atoms with Gasteiger partial charge in [-0.15, -0.1) is 0 Å². The maximum Gasteiger partial charge on any atom is 0.349 e. The fraction of sp³-hybridized carbons (Fsp3) is 0.208. The fourth-order valence-corrected chi connectivity index (χ4v) is 3.22. The smallest absolute Gasteiger partial charge is 0.349 e. The molecule has 3 rings (SSSR count). The van der Waals surface area contributed by atoms with E-state index in [9.17, 15) is 14.4 Å². The Kier molecular flexibility index (Phi) is 6.80. The van der Waals surface area contributed by atoms with Crippen LogP contribution in [0.1, 0.15) is 43.2 Å². The quantitative estimate of drug-likeness (QED) is 0.634. The number of benzene rings is 2. The Hall–Kier alpha value is -3.67. The van der Waals surface area contributed by atoms with Crippen LogP contribution in [0, 0.1) is 6.92 Å². The van der Waals surface area contributed by atoms with E-state index in [0.717, 1.165) is 17.5 Å². The summed E-state index contributed by atoms with van der Waals surface area (Å²) in [7, 11) is 1.56. The minimum atomic E-state index is -0.644. The third-order valence-corrected chi connectivity index (χ3v) is 4.80. The topological polar surface area (TPSA) is 88.4 Å². The van der Waals surface area contributed by atoms with E-state index in [2.05, 4.69) is 10.6 Å². The maximum atomic E-state index is 12.6. The first-order valence-corrected chi connectivity index (χ1v) is 9.74. The number of hydrogen-bond donors (Lipinski definition) is 2. The summed E-state index contributed by atoms with van der Waals surface area (Å²) < 4.78 is 5.38. The Morgan fingerprint density at radius 3 is 2.33 bits per heavy atom. The lowest BCUT2D eigenvalue weighted by atomic mass is 10.1. The van der Waals surface area contributed by atoms with Crippen molar-refractivity contribution in [2.75, 3.05) is 7.05 Å². The number of nitrogens with one attached hydrogen (secondary N) is 2. The van der Waals surface area contributed by atoms with Crippen LogP contribution < -0.4 is 16.3 Å². The number of amides is 2. The highest BCUT2D eigenvalue weighted by Crippen LogP contribution is 2.11. The van der Waals surface area contributed by atoms with E-state index in [1.54, 1.807) is 44.3 Å². The summed E-state index contributed by atoms with van der Waals surface area (Å²) in [6.45, 7) is 1.92. The minimum absolute atomic E-state index is 0.000849. The van der Waals surface area contributed by atoms with Crippen LogP contribution in [0.15, 0.2) is 69.9 Å². The highest BCUT2D eigenvalue weighted by Gasteiger charge is 2.17. The molecule has 0 atom stereocenters. The van der Waals surface area contributed by atoms with Gasteiger partial charge >= 0.3 is 5.63 Å². The summed E-state index contributed by atoms with van der Waals surface area (Å²) in [5.41, 5.74) is 2.34. The van der Waals surface area contributed by atoms with E-state index in [4.69, 9.17) is 4.42 Å². The number of aryl methyl sites for hydroxylation is 3. The van der Waals surface area contributed by atoms with E-state index < -0.39 is 11.5 Å². The molecule has 0 saturated heterocycles. The molecule has 0 bridgehead atoms. The Bertz CT molecular complexity index is 1100. The zero-order chi connectivity index (χ0) is 21.5. The van der Waals surface area contributed by atoms with Crippen molar-refractivity contribution < 1.29 is 14.0 Å². The van der Waals surface area contributed by atoms with Crippen molar-refractivity contribution in [1.29, 1.82) is 0 Å². The molecule has 6 heteroatoms. The first-order valence-electron chi connectivity index (χ1n) is 9.74. The van der Waals surface area contributed by atoms with Crippen LogP contribution in [0.25, 0.3) is 0 Å². The molecule has 2 N–H and O–H groups in total. The molecule has 0 unspecified atom stereocenters. The van der Waals surface area contributed by atoms with E-state index in [1.165, 1.54) is 0 Å². The van der Waals surface area contributed by atoms with Gasteiger partial charge in [0.2, 0.25) is 0 Å². The maximum absolute atomic E-state index is 12.6. The van der Waals surface area contributed by atoms with Crippen LogP contribution >= 0.6 is 0 Å². The Balaban J connectivity index is 1.67. The van der Waals surface area contributed by atoms with Crippen molar-refractivity contribution in [3.05, 3.63) is 105 Å². The molecule has 30 heavy (non-hydrogen) atoms. The summed E-state index contributed by atoms with van der Waals surface area (Å²) in [5.74, 6) is -0.150. The van der Waals surface area contributed by atoms with Gasteiger partial charge in [0.15, 0.2) is 0 Å². The van der Waals surface area contributed by atoms with Gasteiger partial charge in [-0.05, 0) is 48.2 Å². The van der Waals surface area contributed by atoms with Crippen LogP contribution in [0.3, 0.4) is 0 Å². The molecule has 0 saturated carbocycles. The van der Waals surface area contributed by atoms with Gasteiger partial charge < -0.3 is 15.1 Å². The Morgan fingerprint density at radius 1 is 0.900 bits per heavy atom. The molecule has 0 aliphatic rings. The Morgan fingerprint density at radius 2 is 1.63 bits per heavy atom. The fourth-order valence-electron chi connectivity index (χ4n) is 3.22. The number of hydrogen-bond acceptors (Lipinski definition) is 4. The second-order valence-corrected chi connectivity index (χ2v) is 7.01. The van der Waals surface area contributed by atoms with E-state index in [-0.39, 0.29) is 18.0 Å². The van der Waals surface area contributed by atoms with Crippen LogP contribution in [-0.4, -0.2) is 18.9 Å². The lowest BCUT2D eigenvalue weighted by Crippen LogP contribution is -2.29. The van der Waals surface area contributed by atoms with Gasteiger partial charge in [-0.1, -0.05) is 42.5 Å². The number of carbonyl (C=O) groups excluding carboxylic acids is 2. The number of rotatable bonds is 7. The Labute approximate surface area is 174 Å². The third-order valence-electron chi connectivity index (χ3n) is 4.80. The van der Waals surface area contributed by atoms with E-state index in [1.807, 2.05) is 30.3 Å². The molecule has 1 heterocycles. The standard InChI is InChI=1S/C24H24N2O4/c1-16-13-20(12-11-17-7-4-3-5-8-17)30-24(29)21(16)23(28)26-15-18-9-6-10-19(14-18)22(27)25-2/h3-10,13-14H,11-12,15H2,1-2H3,(H,25,27)(H,26,28). The summed E-state index contributed by atoms with van der Waals surface area (Å²) in [5, 5.41) is 5.29. The second-order valence-electron chi connectivity index (χ2n) is 7.01. The molecule has 0 radical (unpaired) electrons. The van der Waals surface area contributed by atoms with Gasteiger partial charge in [0, 0.05) is 25.6 Å². The van der Waals surface area contributed by atoms with E-state index in [0.29, 0.717) is 23.3 Å². The average molecular weight is 404 g/mol. The van der Waals surface area contributed by atoms with Crippen LogP contribution in [0.2, 0.25) is 0 Å². The molecule has 0 aliphatic heterocycles. The number of carbonyl (C=O) groups is 2. The van der Waals surface area contributed by atoms with Crippen molar-refractivity contribution in [3.63, 3.8) is 0 Å². The van der Waals surface area contributed by atoms with Crippen molar-refractivity contribution in [1.82, 2.24) is 10.6 Å². The van der Waals surface area contributed by atoms with E-state index >= 15 is 0 Å². The zero-order valence-corrected chi connectivity index (χ0v) is 17.0. The van der Waals surface area contributed by atoms with Crippen molar-refractivity contribution in [2.24, 2.45) is 0 Å². The molecule has 0 fully saturated rings. The molecule has 1 aromatic heterocycles. The molecule has 6 nitrogen and oxygen atoms in total. The van der Waals surface area contributed by atoms with Gasteiger partial charge in [0.25, 0.3) is 11.8 Å². The van der Waals surface area contributed by atoms with Gasteiger partial charge in [0.1, 0.15) is 11.3 Å². The van der Waals surface area contributed by atoms with Gasteiger partial charge in [-0.25, -0.2) is 4.79 Å². The first-order chi connectivity index (χ1) is 14.5. The molecule has 2 aromatic carbocycles. The SMILES string of the molecule is CNC(=O)c1cccc(CNC(=O)c2c(C)cc(CCc3ccccc3)oc2=O)c1. The second kappa shape index (κ2) is 9.69. The first kappa shape index (κ1) is 21.0. The van der Waals surface area contributed by atoms with Gasteiger partial charge in [-0.3, -0.25) is 9.59 Å². The predicted molar refractivity (Wildman–Crippen MR) is 115 cm³/mol. The highest BCUT2D eigenvalue weighted by atomic mass is 16.4. The van der Waals surface area contributed by atoms with Gasteiger partial charge in [-0.2, -0.15) is 0 Å². The minimum Gasteiger partial charge on any atom is -0.427 e. The summed E-state index contributed by atoms with van der Waals surface area (Å²) in [4.78, 5) is 36.7. The monoisotopic (exact) mass is 404 g/mol. The molecule has 0 aliphatic carbocycles. The van der Waals surface area contributed by atoms with Crippen molar-refractivity contribution in [3.8, 4) is 0 Å². The third kappa shape index (κ3) is 5.23. The largest absolute Gasteiger partial charge is 0.427 e. The molecule has 154 valence electrons. The van der Waals surface area contributed by atoms with Crippen LogP contribution in [0.5, 0.6) is 0 Å². The summed E-state index contributed by atoms with van der Waals surface area (Å²) >= 11 is 0.